The van der Waals surface area contributed by atoms with Crippen molar-refractivity contribution in [1.29, 1.82) is 0 Å². The van der Waals surface area contributed by atoms with Gasteiger partial charge in [-0.1, -0.05) is 96.9 Å². The molecule has 2 aliphatic rings. The van der Waals surface area contributed by atoms with E-state index in [1.165, 1.54) is 5.69 Å². The minimum atomic E-state index is -4.48. The molecule has 0 bridgehead atoms. The van der Waals surface area contributed by atoms with E-state index in [9.17, 15) is 18.0 Å². The quantitative estimate of drug-likeness (QED) is 0.194. The number of hydrogen-bond donors (Lipinski definition) is 1. The molecule has 1 aliphatic heterocycles. The zero-order valence-electron chi connectivity index (χ0n) is 24.4. The lowest BCUT2D eigenvalue weighted by Crippen LogP contribution is -2.47. The normalized spacial score (nSPS) is 16.0. The highest BCUT2D eigenvalue weighted by molar-refractivity contribution is 6.33. The fourth-order valence-electron chi connectivity index (χ4n) is 6.80. The standard InChI is InChI=1S/C36H35ClF3N3O/c37-33-17-6-3-12-28(33)26-10-9-11-27(24-26)43-22-20-42(21-23-43)19-8-7-18-35(34(44)41-25-36(38,39)40)31-15-4-1-13-29(31)30-14-2-5-16-32(30)35/h1-6,9-17,24H,7-8,18-23,25H2,(H,41,44). The fraction of sp³-hybridized carbons (Fsp3) is 0.306. The molecular weight excluding hydrogens is 583 g/mol. The fourth-order valence-corrected chi connectivity index (χ4v) is 7.05. The second kappa shape index (κ2) is 12.7. The molecule has 0 saturated carbocycles. The Morgan fingerprint density at radius 3 is 2.02 bits per heavy atom. The SMILES string of the molecule is O=C(NCC(F)(F)F)C1(CCCCN2CCN(c3cccc(-c4ccccc4Cl)c3)CC2)c2ccccc2-c2ccccc21. The van der Waals surface area contributed by atoms with Crippen LogP contribution in [0.4, 0.5) is 18.9 Å². The second-order valence-electron chi connectivity index (χ2n) is 11.6. The average molecular weight is 618 g/mol. The van der Waals surface area contributed by atoms with E-state index in [1.807, 2.05) is 72.8 Å². The Morgan fingerprint density at radius 2 is 1.39 bits per heavy atom. The zero-order chi connectivity index (χ0) is 30.7. The van der Waals surface area contributed by atoms with Gasteiger partial charge in [0.15, 0.2) is 0 Å². The highest BCUT2D eigenvalue weighted by Gasteiger charge is 2.49. The number of amides is 1. The maximum Gasteiger partial charge on any atom is 0.405 e. The molecule has 1 amide bonds. The van der Waals surface area contributed by atoms with Gasteiger partial charge in [-0.15, -0.1) is 0 Å². The zero-order valence-corrected chi connectivity index (χ0v) is 25.2. The van der Waals surface area contributed by atoms with Gasteiger partial charge in [0.2, 0.25) is 5.91 Å². The number of fused-ring (bicyclic) bond motifs is 3. The summed E-state index contributed by atoms with van der Waals surface area (Å²) in [6, 6.07) is 31.6. The lowest BCUT2D eigenvalue weighted by atomic mass is 9.73. The van der Waals surface area contributed by atoms with E-state index in [0.717, 1.165) is 77.5 Å². The van der Waals surface area contributed by atoms with Crippen molar-refractivity contribution in [2.45, 2.75) is 30.9 Å². The summed E-state index contributed by atoms with van der Waals surface area (Å²) in [6.07, 6.45) is -2.48. The maximum atomic E-state index is 13.7. The molecule has 0 aromatic heterocycles. The van der Waals surface area contributed by atoms with E-state index in [-0.39, 0.29) is 0 Å². The summed E-state index contributed by atoms with van der Waals surface area (Å²) in [6.45, 7) is 3.16. The number of alkyl halides is 3. The van der Waals surface area contributed by atoms with Gasteiger partial charge in [0, 0.05) is 42.5 Å². The Kier molecular flexibility index (Phi) is 8.70. The summed E-state index contributed by atoms with van der Waals surface area (Å²) in [5.41, 5.74) is 5.55. The van der Waals surface area contributed by atoms with Crippen molar-refractivity contribution < 1.29 is 18.0 Å². The summed E-state index contributed by atoms with van der Waals surface area (Å²) in [5.74, 6) is -0.583. The van der Waals surface area contributed by atoms with Crippen molar-refractivity contribution in [2.75, 3.05) is 44.2 Å². The minimum Gasteiger partial charge on any atom is -0.369 e. The maximum absolute atomic E-state index is 13.7. The molecule has 44 heavy (non-hydrogen) atoms. The van der Waals surface area contributed by atoms with Crippen LogP contribution in [-0.2, 0) is 10.2 Å². The molecule has 0 radical (unpaired) electrons. The van der Waals surface area contributed by atoms with E-state index in [4.69, 9.17) is 11.6 Å². The van der Waals surface area contributed by atoms with E-state index in [0.29, 0.717) is 12.8 Å². The molecule has 4 aromatic rings. The van der Waals surface area contributed by atoms with Crippen LogP contribution in [0.15, 0.2) is 97.1 Å². The Bertz CT molecular complexity index is 1590. The van der Waals surface area contributed by atoms with Gasteiger partial charge in [-0.05, 0) is 65.4 Å². The summed E-state index contributed by atoms with van der Waals surface area (Å²) in [4.78, 5) is 18.5. The molecule has 8 heteroatoms. The predicted octanol–water partition coefficient (Wildman–Crippen LogP) is 7.94. The first-order valence-electron chi connectivity index (χ1n) is 15.1. The average Bonchev–Trinajstić information content (AvgIpc) is 3.33. The van der Waals surface area contributed by atoms with E-state index in [1.54, 1.807) is 0 Å². The lowest BCUT2D eigenvalue weighted by molar-refractivity contribution is -0.141. The van der Waals surface area contributed by atoms with E-state index < -0.39 is 24.0 Å². The third kappa shape index (κ3) is 6.08. The predicted molar refractivity (Wildman–Crippen MR) is 171 cm³/mol. The molecule has 1 saturated heterocycles. The topological polar surface area (TPSA) is 35.6 Å². The molecule has 1 fully saturated rings. The molecule has 228 valence electrons. The number of carbonyl (C=O) groups excluding carboxylic acids is 1. The van der Waals surface area contributed by atoms with Gasteiger partial charge >= 0.3 is 6.18 Å². The number of benzene rings is 4. The van der Waals surface area contributed by atoms with Crippen molar-refractivity contribution in [2.24, 2.45) is 0 Å². The molecule has 6 rings (SSSR count). The number of halogens is 4. The number of nitrogens with zero attached hydrogens (tertiary/aromatic N) is 2. The Morgan fingerprint density at radius 1 is 0.773 bits per heavy atom. The number of rotatable bonds is 9. The number of piperazine rings is 1. The van der Waals surface area contributed by atoms with Crippen LogP contribution in [0.5, 0.6) is 0 Å². The van der Waals surface area contributed by atoms with E-state index >= 15 is 0 Å². The molecule has 1 heterocycles. The van der Waals surface area contributed by atoms with Crippen LogP contribution in [0.3, 0.4) is 0 Å². The van der Waals surface area contributed by atoms with Crippen LogP contribution in [0, 0.1) is 0 Å². The van der Waals surface area contributed by atoms with E-state index in [2.05, 4.69) is 39.4 Å². The third-order valence-electron chi connectivity index (χ3n) is 8.95. The van der Waals surface area contributed by atoms with Crippen LogP contribution >= 0.6 is 11.6 Å². The molecule has 4 aromatic carbocycles. The van der Waals surface area contributed by atoms with Crippen molar-refractivity contribution in [3.05, 3.63) is 113 Å². The number of hydrogen-bond acceptors (Lipinski definition) is 3. The number of unbranched alkanes of at least 4 members (excludes halogenated alkanes) is 1. The van der Waals surface area contributed by atoms with Gasteiger partial charge in [-0.25, -0.2) is 0 Å². The summed E-state index contributed by atoms with van der Waals surface area (Å²) < 4.78 is 39.5. The van der Waals surface area contributed by atoms with Crippen LogP contribution in [0.2, 0.25) is 5.02 Å². The smallest absolute Gasteiger partial charge is 0.369 e. The first kappa shape index (κ1) is 30.2. The molecule has 4 nitrogen and oxygen atoms in total. The summed E-state index contributed by atoms with van der Waals surface area (Å²) in [5, 5.41) is 2.96. The Labute approximate surface area is 261 Å². The molecule has 0 spiro atoms. The Hall–Kier alpha value is -3.81. The van der Waals surface area contributed by atoms with Crippen LogP contribution in [-0.4, -0.2) is 56.3 Å². The number of anilines is 1. The molecule has 0 unspecified atom stereocenters. The minimum absolute atomic E-state index is 0.444. The molecule has 0 atom stereocenters. The van der Waals surface area contributed by atoms with Crippen LogP contribution < -0.4 is 10.2 Å². The molecular formula is C36H35ClF3N3O. The lowest BCUT2D eigenvalue weighted by Gasteiger charge is -2.36. The van der Waals surface area contributed by atoms with Gasteiger partial charge in [-0.2, -0.15) is 13.2 Å². The van der Waals surface area contributed by atoms with Gasteiger partial charge in [0.25, 0.3) is 0 Å². The Balaban J connectivity index is 1.10. The summed E-state index contributed by atoms with van der Waals surface area (Å²) >= 11 is 6.44. The largest absolute Gasteiger partial charge is 0.405 e. The highest BCUT2D eigenvalue weighted by Crippen LogP contribution is 2.51. The number of nitrogens with one attached hydrogen (secondary N) is 1. The van der Waals surface area contributed by atoms with Gasteiger partial charge in [0.1, 0.15) is 12.0 Å². The van der Waals surface area contributed by atoms with Gasteiger partial charge in [0.05, 0.1) is 0 Å². The molecule has 1 N–H and O–H groups in total. The monoisotopic (exact) mass is 617 g/mol. The van der Waals surface area contributed by atoms with Crippen LogP contribution in [0.1, 0.15) is 30.4 Å². The second-order valence-corrected chi connectivity index (χ2v) is 12.0. The van der Waals surface area contributed by atoms with Crippen molar-refractivity contribution in [3.63, 3.8) is 0 Å². The number of carbonyl (C=O) groups is 1. The molecule has 1 aliphatic carbocycles. The summed E-state index contributed by atoms with van der Waals surface area (Å²) in [7, 11) is 0. The highest BCUT2D eigenvalue weighted by atomic mass is 35.5. The third-order valence-corrected chi connectivity index (χ3v) is 9.28. The van der Waals surface area contributed by atoms with Crippen molar-refractivity contribution >= 4 is 23.2 Å². The first-order chi connectivity index (χ1) is 21.3. The first-order valence-corrected chi connectivity index (χ1v) is 15.5. The van der Waals surface area contributed by atoms with Gasteiger partial charge < -0.3 is 10.2 Å². The van der Waals surface area contributed by atoms with Crippen molar-refractivity contribution in [3.8, 4) is 22.3 Å². The van der Waals surface area contributed by atoms with Gasteiger partial charge in [-0.3, -0.25) is 9.69 Å². The van der Waals surface area contributed by atoms with Crippen molar-refractivity contribution in [1.82, 2.24) is 10.2 Å². The van der Waals surface area contributed by atoms with Crippen LogP contribution in [0.25, 0.3) is 22.3 Å².